The Bertz CT molecular complexity index is 1190. The summed E-state index contributed by atoms with van der Waals surface area (Å²) in [6, 6.07) is 19.2. The number of hydrogen-bond acceptors (Lipinski definition) is 3. The van der Waals surface area contributed by atoms with Crippen molar-refractivity contribution in [2.75, 3.05) is 5.32 Å². The highest BCUT2D eigenvalue weighted by molar-refractivity contribution is 9.10. The highest BCUT2D eigenvalue weighted by Crippen LogP contribution is 2.26. The second-order valence-electron chi connectivity index (χ2n) is 6.33. The molecule has 0 radical (unpaired) electrons. The maximum atomic E-state index is 11.4. The van der Waals surface area contributed by atoms with Crippen molar-refractivity contribution in [2.45, 2.75) is 13.2 Å². The van der Waals surface area contributed by atoms with Crippen LogP contribution in [-0.4, -0.2) is 9.97 Å². The monoisotopic (exact) mass is 457 g/mol. The fourth-order valence-electron chi connectivity index (χ4n) is 2.94. The molecule has 7 heteroatoms. The summed E-state index contributed by atoms with van der Waals surface area (Å²) in [5.74, 6) is 0.784. The number of anilines is 1. The third-order valence-corrected chi connectivity index (χ3v) is 5.22. The van der Waals surface area contributed by atoms with E-state index in [0.717, 1.165) is 38.1 Å². The summed E-state index contributed by atoms with van der Waals surface area (Å²) in [6.07, 6.45) is 0. The van der Waals surface area contributed by atoms with Crippen molar-refractivity contribution < 1.29 is 4.74 Å². The number of halogens is 2. The van der Waals surface area contributed by atoms with E-state index >= 15 is 0 Å². The lowest BCUT2D eigenvalue weighted by Crippen LogP contribution is -2.04. The molecule has 0 amide bonds. The number of aromatic nitrogens is 2. The molecule has 0 atom stereocenters. The lowest BCUT2D eigenvalue weighted by atomic mass is 10.2. The first-order valence-electron chi connectivity index (χ1n) is 8.69. The summed E-state index contributed by atoms with van der Waals surface area (Å²) in [6.45, 7) is 0.961. The van der Waals surface area contributed by atoms with Crippen LogP contribution in [0.1, 0.15) is 11.1 Å². The van der Waals surface area contributed by atoms with Crippen molar-refractivity contribution in [3.63, 3.8) is 0 Å². The number of hydrogen-bond donors (Lipinski definition) is 3. The number of ether oxygens (including phenoxy) is 1. The Kier molecular flexibility index (Phi) is 5.41. The van der Waals surface area contributed by atoms with Gasteiger partial charge in [0.2, 0.25) is 0 Å². The zero-order chi connectivity index (χ0) is 19.5. The Balaban J connectivity index is 1.50. The first-order valence-corrected chi connectivity index (χ1v) is 9.86. The molecule has 0 spiro atoms. The third-order valence-electron chi connectivity index (χ3n) is 4.36. The van der Waals surface area contributed by atoms with Gasteiger partial charge in [0.1, 0.15) is 12.4 Å². The van der Waals surface area contributed by atoms with E-state index < -0.39 is 0 Å². The Morgan fingerprint density at radius 2 is 1.79 bits per heavy atom. The first kappa shape index (κ1) is 18.7. The molecule has 4 aromatic rings. The number of rotatable bonds is 6. The van der Waals surface area contributed by atoms with Crippen LogP contribution in [0.15, 0.2) is 69.9 Å². The van der Waals surface area contributed by atoms with Gasteiger partial charge < -0.3 is 20.0 Å². The van der Waals surface area contributed by atoms with E-state index in [1.807, 2.05) is 60.7 Å². The molecule has 0 bridgehead atoms. The van der Waals surface area contributed by atoms with Crippen LogP contribution in [0.5, 0.6) is 5.75 Å². The molecule has 4 rings (SSSR count). The Hall–Kier alpha value is -2.70. The maximum Gasteiger partial charge on any atom is 0.323 e. The van der Waals surface area contributed by atoms with Gasteiger partial charge in [-0.3, -0.25) is 0 Å². The van der Waals surface area contributed by atoms with E-state index in [2.05, 4.69) is 31.2 Å². The van der Waals surface area contributed by atoms with Crippen molar-refractivity contribution in [3.05, 3.63) is 91.8 Å². The number of aromatic amines is 2. The maximum absolute atomic E-state index is 11.4. The van der Waals surface area contributed by atoms with Crippen molar-refractivity contribution in [1.82, 2.24) is 9.97 Å². The molecule has 0 aliphatic rings. The van der Waals surface area contributed by atoms with E-state index in [1.165, 1.54) is 0 Å². The minimum Gasteiger partial charge on any atom is -0.488 e. The smallest absolute Gasteiger partial charge is 0.323 e. The zero-order valence-electron chi connectivity index (χ0n) is 14.8. The van der Waals surface area contributed by atoms with Crippen LogP contribution in [0.4, 0.5) is 5.69 Å². The Morgan fingerprint density at radius 3 is 2.64 bits per heavy atom. The summed E-state index contributed by atoms with van der Waals surface area (Å²) in [7, 11) is 0. The predicted molar refractivity (Wildman–Crippen MR) is 116 cm³/mol. The van der Waals surface area contributed by atoms with Gasteiger partial charge in [0, 0.05) is 32.9 Å². The van der Waals surface area contributed by atoms with E-state index in [1.54, 1.807) is 0 Å². The average Bonchev–Trinajstić information content (AvgIpc) is 3.06. The summed E-state index contributed by atoms with van der Waals surface area (Å²) in [5.41, 5.74) is 4.17. The second-order valence-corrected chi connectivity index (χ2v) is 7.65. The molecular formula is C21H17BrClN3O2. The van der Waals surface area contributed by atoms with E-state index in [-0.39, 0.29) is 5.69 Å². The number of fused-ring (bicyclic) bond motifs is 1. The van der Waals surface area contributed by atoms with Gasteiger partial charge in [-0.05, 0) is 42.5 Å². The topological polar surface area (TPSA) is 69.9 Å². The van der Waals surface area contributed by atoms with Gasteiger partial charge in [0.05, 0.1) is 11.0 Å². The molecule has 3 aromatic carbocycles. The molecule has 1 aromatic heterocycles. The molecule has 0 aliphatic heterocycles. The van der Waals surface area contributed by atoms with Crippen LogP contribution in [0.25, 0.3) is 11.0 Å². The highest BCUT2D eigenvalue weighted by atomic mass is 79.9. The van der Waals surface area contributed by atoms with Crippen molar-refractivity contribution in [3.8, 4) is 5.75 Å². The molecule has 0 unspecified atom stereocenters. The van der Waals surface area contributed by atoms with Crippen LogP contribution in [0, 0.1) is 0 Å². The fraction of sp³-hybridized carbons (Fsp3) is 0.0952. The van der Waals surface area contributed by atoms with Crippen molar-refractivity contribution >= 4 is 44.3 Å². The van der Waals surface area contributed by atoms with Gasteiger partial charge in [0.25, 0.3) is 0 Å². The fourth-order valence-corrected chi connectivity index (χ4v) is 3.54. The van der Waals surface area contributed by atoms with Gasteiger partial charge in [-0.25, -0.2) is 4.79 Å². The number of benzene rings is 3. The van der Waals surface area contributed by atoms with Gasteiger partial charge in [-0.1, -0.05) is 45.7 Å². The normalized spacial score (nSPS) is 10.9. The zero-order valence-corrected chi connectivity index (χ0v) is 17.1. The standard InChI is InChI=1S/C21H17BrClN3O2/c22-15-5-8-20(28-12-13-3-1-2-4-17(13)23)14(9-15)11-24-16-6-7-18-19(10-16)26-21(27)25-18/h1-10,24H,11-12H2,(H2,25,26,27). The molecule has 5 nitrogen and oxygen atoms in total. The lowest BCUT2D eigenvalue weighted by Gasteiger charge is -2.14. The molecule has 0 saturated heterocycles. The Labute approximate surface area is 174 Å². The molecular weight excluding hydrogens is 442 g/mol. The van der Waals surface area contributed by atoms with Gasteiger partial charge >= 0.3 is 5.69 Å². The van der Waals surface area contributed by atoms with Crippen molar-refractivity contribution in [2.24, 2.45) is 0 Å². The third kappa shape index (κ3) is 4.24. The largest absolute Gasteiger partial charge is 0.488 e. The predicted octanol–water partition coefficient (Wildman–Crippen LogP) is 5.46. The summed E-state index contributed by atoms with van der Waals surface area (Å²) in [4.78, 5) is 16.9. The van der Waals surface area contributed by atoms with Crippen LogP contribution in [0.2, 0.25) is 5.02 Å². The number of nitrogens with one attached hydrogen (secondary N) is 3. The first-order chi connectivity index (χ1) is 13.6. The van der Waals surface area contributed by atoms with E-state index in [4.69, 9.17) is 16.3 Å². The molecule has 3 N–H and O–H groups in total. The minimum atomic E-state index is -0.214. The second kappa shape index (κ2) is 8.12. The molecule has 0 aliphatic carbocycles. The number of imidazole rings is 1. The molecule has 0 saturated carbocycles. The van der Waals surface area contributed by atoms with Gasteiger partial charge in [0.15, 0.2) is 0 Å². The molecule has 0 fully saturated rings. The summed E-state index contributed by atoms with van der Waals surface area (Å²) in [5, 5.41) is 4.06. The van der Waals surface area contributed by atoms with Crippen LogP contribution in [-0.2, 0) is 13.2 Å². The van der Waals surface area contributed by atoms with Crippen LogP contribution < -0.4 is 15.7 Å². The van der Waals surface area contributed by atoms with Gasteiger partial charge in [-0.15, -0.1) is 0 Å². The lowest BCUT2D eigenvalue weighted by molar-refractivity contribution is 0.303. The Morgan fingerprint density at radius 1 is 0.964 bits per heavy atom. The summed E-state index contributed by atoms with van der Waals surface area (Å²) < 4.78 is 7.00. The van der Waals surface area contributed by atoms with E-state index in [0.29, 0.717) is 18.2 Å². The van der Waals surface area contributed by atoms with Crippen LogP contribution >= 0.6 is 27.5 Å². The van der Waals surface area contributed by atoms with E-state index in [9.17, 15) is 4.79 Å². The highest BCUT2D eigenvalue weighted by Gasteiger charge is 2.08. The minimum absolute atomic E-state index is 0.214. The van der Waals surface area contributed by atoms with Crippen molar-refractivity contribution in [1.29, 1.82) is 0 Å². The number of H-pyrrole nitrogens is 2. The molecule has 142 valence electrons. The molecule has 1 heterocycles. The quantitative estimate of drug-likeness (QED) is 0.359. The average molecular weight is 459 g/mol. The van der Waals surface area contributed by atoms with Crippen LogP contribution in [0.3, 0.4) is 0 Å². The summed E-state index contributed by atoms with van der Waals surface area (Å²) >= 11 is 9.74. The van der Waals surface area contributed by atoms with Gasteiger partial charge in [-0.2, -0.15) is 0 Å². The SMILES string of the molecule is O=c1[nH]c2ccc(NCc3cc(Br)ccc3OCc3ccccc3Cl)cc2[nH]1. The molecule has 28 heavy (non-hydrogen) atoms.